The fraction of sp³-hybridized carbons (Fsp3) is 0.423. The van der Waals surface area contributed by atoms with E-state index in [1.54, 1.807) is 6.20 Å². The maximum atomic E-state index is 13.1. The predicted molar refractivity (Wildman–Crippen MR) is 129 cm³/mol. The van der Waals surface area contributed by atoms with E-state index >= 15 is 0 Å². The van der Waals surface area contributed by atoms with Gasteiger partial charge in [0.25, 0.3) is 5.91 Å². The van der Waals surface area contributed by atoms with Crippen LogP contribution >= 0.6 is 0 Å². The summed E-state index contributed by atoms with van der Waals surface area (Å²) in [5.41, 5.74) is 0.764. The zero-order valence-corrected chi connectivity index (χ0v) is 18.9. The minimum absolute atomic E-state index is 0.0176. The van der Waals surface area contributed by atoms with Crippen molar-refractivity contribution in [2.45, 2.75) is 38.1 Å². The molecule has 7 nitrogen and oxygen atoms in total. The van der Waals surface area contributed by atoms with Crippen molar-refractivity contribution in [2.24, 2.45) is 0 Å². The van der Waals surface area contributed by atoms with Gasteiger partial charge in [-0.15, -0.1) is 0 Å². The lowest BCUT2D eigenvalue weighted by Gasteiger charge is -2.34. The highest BCUT2D eigenvalue weighted by Gasteiger charge is 2.24. The van der Waals surface area contributed by atoms with Gasteiger partial charge >= 0.3 is 0 Å². The second kappa shape index (κ2) is 9.75. The van der Waals surface area contributed by atoms with Crippen LogP contribution in [0.2, 0.25) is 0 Å². The maximum Gasteiger partial charge on any atom is 0.254 e. The lowest BCUT2D eigenvalue weighted by Crippen LogP contribution is -2.49. The number of carbonyl (C=O) groups is 2. The Morgan fingerprint density at radius 1 is 0.939 bits per heavy atom. The number of rotatable bonds is 6. The van der Waals surface area contributed by atoms with Crippen molar-refractivity contribution >= 4 is 28.4 Å². The summed E-state index contributed by atoms with van der Waals surface area (Å²) >= 11 is 0. The van der Waals surface area contributed by atoms with Crippen LogP contribution in [0.25, 0.3) is 10.8 Å². The number of hydrogen-bond donors (Lipinski definition) is 1. The Kier molecular flexibility index (Phi) is 6.39. The topological polar surface area (TPSA) is 70.5 Å². The molecule has 0 radical (unpaired) electrons. The smallest absolute Gasteiger partial charge is 0.254 e. The second-order valence-corrected chi connectivity index (χ2v) is 9.06. The van der Waals surface area contributed by atoms with Gasteiger partial charge in [0.15, 0.2) is 0 Å². The van der Waals surface area contributed by atoms with E-state index in [9.17, 15) is 9.59 Å². The molecule has 172 valence electrons. The van der Waals surface area contributed by atoms with Crippen LogP contribution in [-0.4, -0.2) is 64.1 Å². The highest BCUT2D eigenvalue weighted by Crippen LogP contribution is 2.31. The number of benzene rings is 2. The van der Waals surface area contributed by atoms with Crippen molar-refractivity contribution in [3.63, 3.8) is 0 Å². The van der Waals surface area contributed by atoms with Gasteiger partial charge in [0.05, 0.1) is 12.2 Å². The molecular formula is C26H31N5O2. The van der Waals surface area contributed by atoms with Crippen LogP contribution in [0, 0.1) is 0 Å². The third kappa shape index (κ3) is 4.78. The third-order valence-corrected chi connectivity index (χ3v) is 6.94. The van der Waals surface area contributed by atoms with E-state index in [1.165, 1.54) is 12.8 Å². The van der Waals surface area contributed by atoms with Gasteiger partial charge < -0.3 is 10.2 Å². The maximum absolute atomic E-state index is 13.1. The molecule has 1 saturated heterocycles. The number of anilines is 1. The molecule has 2 heterocycles. The zero-order chi connectivity index (χ0) is 22.6. The van der Waals surface area contributed by atoms with E-state index in [-0.39, 0.29) is 11.8 Å². The molecule has 3 aromatic rings. The number of carbonyl (C=O) groups excluding carboxylic acids is 2. The van der Waals surface area contributed by atoms with Crippen molar-refractivity contribution in [3.05, 3.63) is 60.3 Å². The number of amides is 2. The summed E-state index contributed by atoms with van der Waals surface area (Å²) in [5, 5.41) is 9.55. The normalized spacial score (nSPS) is 17.5. The minimum atomic E-state index is 0.0176. The standard InChI is InChI=1S/C26H31N5O2/c32-25(28-24-12-14-27-31(24)21-8-2-3-9-21)13-15-29-16-18-30(19-17-29)26(33)23-11-5-7-20-6-1-4-10-22(20)23/h1,4-7,10-12,14,21H,2-3,8-9,13,15-19H2,(H,28,32). The first kappa shape index (κ1) is 21.6. The Hall–Kier alpha value is -3.19. The third-order valence-electron chi connectivity index (χ3n) is 6.94. The van der Waals surface area contributed by atoms with Crippen LogP contribution < -0.4 is 5.32 Å². The van der Waals surface area contributed by atoms with Crippen LogP contribution in [0.5, 0.6) is 0 Å². The van der Waals surface area contributed by atoms with E-state index in [2.05, 4.69) is 15.3 Å². The Labute approximate surface area is 194 Å². The lowest BCUT2D eigenvalue weighted by molar-refractivity contribution is -0.116. The average molecular weight is 446 g/mol. The molecule has 1 N–H and O–H groups in total. The van der Waals surface area contributed by atoms with Crippen LogP contribution in [-0.2, 0) is 4.79 Å². The highest BCUT2D eigenvalue weighted by molar-refractivity contribution is 6.07. The molecule has 2 aromatic carbocycles. The Balaban J connectivity index is 1.11. The average Bonchev–Trinajstić information content (AvgIpc) is 3.54. The first-order valence-electron chi connectivity index (χ1n) is 12.0. The van der Waals surface area contributed by atoms with E-state index in [4.69, 9.17) is 0 Å². The predicted octanol–water partition coefficient (Wildman–Crippen LogP) is 3.94. The number of piperazine rings is 1. The molecule has 2 amide bonds. The van der Waals surface area contributed by atoms with Crippen molar-refractivity contribution < 1.29 is 9.59 Å². The van der Waals surface area contributed by atoms with Gasteiger partial charge in [0, 0.05) is 50.8 Å². The highest BCUT2D eigenvalue weighted by atomic mass is 16.2. The fourth-order valence-electron chi connectivity index (χ4n) is 5.07. The van der Waals surface area contributed by atoms with Crippen molar-refractivity contribution in [3.8, 4) is 0 Å². The van der Waals surface area contributed by atoms with Gasteiger partial charge in [-0.25, -0.2) is 4.68 Å². The molecule has 1 aliphatic carbocycles. The molecule has 33 heavy (non-hydrogen) atoms. The first-order chi connectivity index (χ1) is 16.2. The quantitative estimate of drug-likeness (QED) is 0.624. The number of nitrogens with one attached hydrogen (secondary N) is 1. The number of nitrogens with zero attached hydrogens (tertiary/aromatic N) is 4. The van der Waals surface area contributed by atoms with Crippen LogP contribution in [0.3, 0.4) is 0 Å². The summed E-state index contributed by atoms with van der Waals surface area (Å²) in [4.78, 5) is 29.9. The molecular weight excluding hydrogens is 414 g/mol. The van der Waals surface area contributed by atoms with Crippen molar-refractivity contribution in [2.75, 3.05) is 38.0 Å². The largest absolute Gasteiger partial charge is 0.336 e. The van der Waals surface area contributed by atoms with Gasteiger partial charge in [-0.1, -0.05) is 49.2 Å². The van der Waals surface area contributed by atoms with E-state index in [0.29, 0.717) is 32.1 Å². The molecule has 2 fully saturated rings. The minimum Gasteiger partial charge on any atom is -0.336 e. The Bertz CT molecular complexity index is 1120. The van der Waals surface area contributed by atoms with Gasteiger partial charge in [0.1, 0.15) is 5.82 Å². The number of fused-ring (bicyclic) bond motifs is 1. The van der Waals surface area contributed by atoms with Gasteiger partial charge in [-0.2, -0.15) is 5.10 Å². The molecule has 1 saturated carbocycles. The monoisotopic (exact) mass is 445 g/mol. The zero-order valence-electron chi connectivity index (χ0n) is 18.9. The van der Waals surface area contributed by atoms with Crippen molar-refractivity contribution in [1.29, 1.82) is 0 Å². The fourth-order valence-corrected chi connectivity index (χ4v) is 5.07. The molecule has 7 heteroatoms. The molecule has 5 rings (SSSR count). The van der Waals surface area contributed by atoms with E-state index in [1.807, 2.05) is 58.1 Å². The Morgan fingerprint density at radius 2 is 1.70 bits per heavy atom. The summed E-state index contributed by atoms with van der Waals surface area (Å²) in [6.07, 6.45) is 6.92. The number of hydrogen-bond acceptors (Lipinski definition) is 4. The van der Waals surface area contributed by atoms with Crippen LogP contribution in [0.1, 0.15) is 48.5 Å². The van der Waals surface area contributed by atoms with Crippen molar-refractivity contribution in [1.82, 2.24) is 19.6 Å². The Morgan fingerprint density at radius 3 is 2.52 bits per heavy atom. The van der Waals surface area contributed by atoms with E-state index in [0.717, 1.165) is 48.1 Å². The summed E-state index contributed by atoms with van der Waals surface area (Å²) in [6.45, 7) is 3.61. The molecule has 1 aliphatic heterocycles. The number of aromatic nitrogens is 2. The summed E-state index contributed by atoms with van der Waals surface area (Å²) in [7, 11) is 0. The summed E-state index contributed by atoms with van der Waals surface area (Å²) < 4.78 is 1.97. The SMILES string of the molecule is O=C(CCN1CCN(C(=O)c2cccc3ccccc23)CC1)Nc1ccnn1C1CCCC1. The van der Waals surface area contributed by atoms with Crippen LogP contribution in [0.15, 0.2) is 54.7 Å². The molecule has 0 atom stereocenters. The van der Waals surface area contributed by atoms with Gasteiger partial charge in [-0.05, 0) is 29.7 Å². The van der Waals surface area contributed by atoms with E-state index < -0.39 is 0 Å². The molecule has 0 bridgehead atoms. The molecule has 1 aromatic heterocycles. The van der Waals surface area contributed by atoms with Gasteiger partial charge in [-0.3, -0.25) is 14.5 Å². The summed E-state index contributed by atoms with van der Waals surface area (Å²) in [5.74, 6) is 0.908. The second-order valence-electron chi connectivity index (χ2n) is 9.06. The molecule has 2 aliphatic rings. The molecule has 0 spiro atoms. The first-order valence-corrected chi connectivity index (χ1v) is 12.0. The summed E-state index contributed by atoms with van der Waals surface area (Å²) in [6, 6.07) is 16.2. The van der Waals surface area contributed by atoms with Gasteiger partial charge in [0.2, 0.25) is 5.91 Å². The van der Waals surface area contributed by atoms with Crippen LogP contribution in [0.4, 0.5) is 5.82 Å². The molecule has 0 unspecified atom stereocenters. The lowest BCUT2D eigenvalue weighted by atomic mass is 10.0.